The number of carbonyl (C=O) groups is 2. The highest BCUT2D eigenvalue weighted by molar-refractivity contribution is 5.75. The van der Waals surface area contributed by atoms with Gasteiger partial charge in [-0.1, -0.05) is 37.8 Å². The van der Waals surface area contributed by atoms with E-state index < -0.39 is 5.97 Å². The van der Waals surface area contributed by atoms with Crippen LogP contribution in [0.2, 0.25) is 0 Å². The van der Waals surface area contributed by atoms with Gasteiger partial charge in [0.15, 0.2) is 6.61 Å². The Morgan fingerprint density at radius 2 is 1.87 bits per heavy atom. The molecule has 1 aromatic carbocycles. The molecule has 5 heteroatoms. The van der Waals surface area contributed by atoms with Crippen LogP contribution in [0.15, 0.2) is 24.3 Å². The second kappa shape index (κ2) is 9.18. The van der Waals surface area contributed by atoms with Crippen LogP contribution >= 0.6 is 0 Å². The van der Waals surface area contributed by atoms with Gasteiger partial charge in [0.1, 0.15) is 5.75 Å². The minimum atomic E-state index is -0.991. The standard InChI is InChI=1S/C18H25NO4/c20-17(10-7-14-3-1-2-4-14)19-12-11-15-5-8-16(9-6-15)23-13-18(21)22/h5-6,8-9,14H,1-4,7,10-13H2,(H,19,20)(H,21,22). The molecular formula is C18H25NO4. The fourth-order valence-corrected chi connectivity index (χ4v) is 2.97. The first-order valence-electron chi connectivity index (χ1n) is 8.33. The van der Waals surface area contributed by atoms with E-state index >= 15 is 0 Å². The van der Waals surface area contributed by atoms with E-state index in [9.17, 15) is 9.59 Å². The summed E-state index contributed by atoms with van der Waals surface area (Å²) in [6.07, 6.45) is 7.60. The van der Waals surface area contributed by atoms with Crippen LogP contribution in [-0.4, -0.2) is 30.1 Å². The summed E-state index contributed by atoms with van der Waals surface area (Å²) in [5.74, 6) is 0.434. The van der Waals surface area contributed by atoms with Crippen LogP contribution in [0.4, 0.5) is 0 Å². The van der Waals surface area contributed by atoms with Gasteiger partial charge in [0.25, 0.3) is 0 Å². The maximum atomic E-state index is 11.8. The number of aliphatic carboxylic acids is 1. The molecule has 1 aliphatic rings. The lowest BCUT2D eigenvalue weighted by Gasteiger charge is -2.09. The Labute approximate surface area is 137 Å². The molecule has 1 amide bonds. The monoisotopic (exact) mass is 319 g/mol. The average molecular weight is 319 g/mol. The minimum absolute atomic E-state index is 0.137. The summed E-state index contributed by atoms with van der Waals surface area (Å²) in [6, 6.07) is 7.28. The number of nitrogens with one attached hydrogen (secondary N) is 1. The van der Waals surface area contributed by atoms with Crippen LogP contribution in [0.25, 0.3) is 0 Å². The van der Waals surface area contributed by atoms with E-state index in [4.69, 9.17) is 9.84 Å². The molecule has 0 aliphatic heterocycles. The Morgan fingerprint density at radius 1 is 1.17 bits per heavy atom. The van der Waals surface area contributed by atoms with E-state index in [0.717, 1.165) is 24.3 Å². The first-order chi connectivity index (χ1) is 11.1. The minimum Gasteiger partial charge on any atom is -0.482 e. The average Bonchev–Trinajstić information content (AvgIpc) is 3.05. The third-order valence-electron chi connectivity index (χ3n) is 4.28. The van der Waals surface area contributed by atoms with Crippen molar-refractivity contribution in [1.29, 1.82) is 0 Å². The van der Waals surface area contributed by atoms with Crippen molar-refractivity contribution in [2.24, 2.45) is 5.92 Å². The Kier molecular flexibility index (Phi) is 6.91. The van der Waals surface area contributed by atoms with Crippen LogP contribution in [0.1, 0.15) is 44.1 Å². The Balaban J connectivity index is 1.61. The van der Waals surface area contributed by atoms with Gasteiger partial charge in [-0.05, 0) is 36.5 Å². The van der Waals surface area contributed by atoms with Gasteiger partial charge in [0.05, 0.1) is 0 Å². The topological polar surface area (TPSA) is 75.6 Å². The van der Waals surface area contributed by atoms with E-state index in [1.807, 2.05) is 12.1 Å². The molecule has 126 valence electrons. The predicted molar refractivity (Wildman–Crippen MR) is 87.5 cm³/mol. The Bertz CT molecular complexity index is 506. The molecule has 2 rings (SSSR count). The van der Waals surface area contributed by atoms with Crippen LogP contribution < -0.4 is 10.1 Å². The lowest BCUT2D eigenvalue weighted by atomic mass is 10.0. The highest BCUT2D eigenvalue weighted by Crippen LogP contribution is 2.28. The first-order valence-corrected chi connectivity index (χ1v) is 8.33. The molecule has 0 unspecified atom stereocenters. The fraction of sp³-hybridized carbons (Fsp3) is 0.556. The summed E-state index contributed by atoms with van der Waals surface area (Å²) >= 11 is 0. The van der Waals surface area contributed by atoms with E-state index in [2.05, 4.69) is 5.32 Å². The van der Waals surface area contributed by atoms with Crippen molar-refractivity contribution < 1.29 is 19.4 Å². The molecule has 0 spiro atoms. The van der Waals surface area contributed by atoms with Gasteiger partial charge in [-0.25, -0.2) is 4.79 Å². The summed E-state index contributed by atoms with van der Waals surface area (Å²) < 4.78 is 5.08. The number of hydrogen-bond acceptors (Lipinski definition) is 3. The Hall–Kier alpha value is -2.04. The fourth-order valence-electron chi connectivity index (χ4n) is 2.97. The van der Waals surface area contributed by atoms with Crippen LogP contribution in [0.3, 0.4) is 0 Å². The quantitative estimate of drug-likeness (QED) is 0.734. The van der Waals surface area contributed by atoms with Crippen molar-refractivity contribution in [2.45, 2.75) is 44.9 Å². The van der Waals surface area contributed by atoms with Gasteiger partial charge < -0.3 is 15.2 Å². The van der Waals surface area contributed by atoms with Crippen molar-refractivity contribution in [1.82, 2.24) is 5.32 Å². The van der Waals surface area contributed by atoms with E-state index in [1.165, 1.54) is 25.7 Å². The number of amides is 1. The molecule has 1 aromatic rings. The van der Waals surface area contributed by atoms with E-state index in [-0.39, 0.29) is 12.5 Å². The van der Waals surface area contributed by atoms with Crippen LogP contribution in [-0.2, 0) is 16.0 Å². The lowest BCUT2D eigenvalue weighted by molar-refractivity contribution is -0.139. The second-order valence-corrected chi connectivity index (χ2v) is 6.12. The summed E-state index contributed by atoms with van der Waals surface area (Å²) in [5, 5.41) is 11.5. The number of benzene rings is 1. The summed E-state index contributed by atoms with van der Waals surface area (Å²) in [7, 11) is 0. The van der Waals surface area contributed by atoms with Gasteiger partial charge >= 0.3 is 5.97 Å². The molecule has 0 saturated heterocycles. The molecule has 0 heterocycles. The number of ether oxygens (including phenoxy) is 1. The van der Waals surface area contributed by atoms with E-state index in [1.54, 1.807) is 12.1 Å². The number of carboxylic acid groups (broad SMARTS) is 1. The van der Waals surface area contributed by atoms with Gasteiger partial charge in [0, 0.05) is 13.0 Å². The first kappa shape index (κ1) is 17.3. The third kappa shape index (κ3) is 6.72. The molecule has 5 nitrogen and oxygen atoms in total. The third-order valence-corrected chi connectivity index (χ3v) is 4.28. The molecule has 1 aliphatic carbocycles. The van der Waals surface area contributed by atoms with Gasteiger partial charge in [-0.15, -0.1) is 0 Å². The maximum Gasteiger partial charge on any atom is 0.341 e. The molecular weight excluding hydrogens is 294 g/mol. The number of hydrogen-bond donors (Lipinski definition) is 2. The largest absolute Gasteiger partial charge is 0.482 e. The molecule has 0 radical (unpaired) electrons. The smallest absolute Gasteiger partial charge is 0.341 e. The van der Waals surface area contributed by atoms with Crippen molar-refractivity contribution in [3.05, 3.63) is 29.8 Å². The van der Waals surface area contributed by atoms with Gasteiger partial charge in [-0.2, -0.15) is 0 Å². The number of carbonyl (C=O) groups excluding carboxylic acids is 1. The van der Waals surface area contributed by atoms with Crippen molar-refractivity contribution in [3.63, 3.8) is 0 Å². The summed E-state index contributed by atoms with van der Waals surface area (Å²) in [5.41, 5.74) is 1.09. The lowest BCUT2D eigenvalue weighted by Crippen LogP contribution is -2.25. The normalized spacial score (nSPS) is 14.6. The van der Waals surface area contributed by atoms with Crippen LogP contribution in [0.5, 0.6) is 5.75 Å². The van der Waals surface area contributed by atoms with Gasteiger partial charge in [-0.3, -0.25) is 4.79 Å². The van der Waals surface area contributed by atoms with Crippen molar-refractivity contribution in [3.8, 4) is 5.75 Å². The zero-order valence-electron chi connectivity index (χ0n) is 13.4. The summed E-state index contributed by atoms with van der Waals surface area (Å²) in [4.78, 5) is 22.2. The Morgan fingerprint density at radius 3 is 2.52 bits per heavy atom. The molecule has 1 fully saturated rings. The SMILES string of the molecule is O=C(O)COc1ccc(CCNC(=O)CCC2CCCC2)cc1. The highest BCUT2D eigenvalue weighted by Gasteiger charge is 2.15. The molecule has 23 heavy (non-hydrogen) atoms. The van der Waals surface area contributed by atoms with Crippen molar-refractivity contribution in [2.75, 3.05) is 13.2 Å². The zero-order valence-corrected chi connectivity index (χ0v) is 13.4. The van der Waals surface area contributed by atoms with E-state index in [0.29, 0.717) is 18.7 Å². The predicted octanol–water partition coefficient (Wildman–Crippen LogP) is 2.78. The number of carboxylic acids is 1. The highest BCUT2D eigenvalue weighted by atomic mass is 16.5. The summed E-state index contributed by atoms with van der Waals surface area (Å²) in [6.45, 7) is 0.287. The zero-order chi connectivity index (χ0) is 16.5. The molecule has 0 aromatic heterocycles. The molecule has 0 atom stereocenters. The maximum absolute atomic E-state index is 11.8. The molecule has 0 bridgehead atoms. The number of rotatable bonds is 9. The second-order valence-electron chi connectivity index (χ2n) is 6.12. The molecule has 2 N–H and O–H groups in total. The molecule has 1 saturated carbocycles. The van der Waals surface area contributed by atoms with Crippen molar-refractivity contribution >= 4 is 11.9 Å². The van der Waals surface area contributed by atoms with Gasteiger partial charge in [0.2, 0.25) is 5.91 Å². The van der Waals surface area contributed by atoms with Crippen LogP contribution in [0, 0.1) is 5.92 Å².